The topological polar surface area (TPSA) is 29.1 Å². The molecule has 1 aromatic carbocycles. The molecule has 0 aliphatic heterocycles. The van der Waals surface area contributed by atoms with E-state index >= 15 is 0 Å². The average molecular weight is 223 g/mol. The van der Waals surface area contributed by atoms with Crippen LogP contribution >= 0.6 is 0 Å². The van der Waals surface area contributed by atoms with Crippen molar-refractivity contribution in [2.24, 2.45) is 0 Å². The molecule has 0 atom stereocenters. The number of hydrogen-bond donors (Lipinski definition) is 1. The van der Waals surface area contributed by atoms with E-state index in [9.17, 15) is 9.18 Å². The predicted molar refractivity (Wildman–Crippen MR) is 62.9 cm³/mol. The zero-order chi connectivity index (χ0) is 11.8. The van der Waals surface area contributed by atoms with Gasteiger partial charge in [0.15, 0.2) is 0 Å². The van der Waals surface area contributed by atoms with Crippen LogP contribution in [0.5, 0.6) is 0 Å². The largest absolute Gasteiger partial charge is 0.316 e. The fourth-order valence-electron chi connectivity index (χ4n) is 1.47. The van der Waals surface area contributed by atoms with Crippen LogP contribution in [-0.4, -0.2) is 18.9 Å². The van der Waals surface area contributed by atoms with Crippen LogP contribution in [0.1, 0.15) is 25.3 Å². The fourth-order valence-corrected chi connectivity index (χ4v) is 1.47. The molecule has 0 bridgehead atoms. The monoisotopic (exact) mass is 223 g/mol. The summed E-state index contributed by atoms with van der Waals surface area (Å²) in [6, 6.07) is 6.55. The second-order valence-corrected chi connectivity index (χ2v) is 3.93. The number of rotatable bonds is 7. The lowest BCUT2D eigenvalue weighted by molar-refractivity contribution is -0.117. The lowest BCUT2D eigenvalue weighted by Crippen LogP contribution is -2.19. The summed E-state index contributed by atoms with van der Waals surface area (Å²) in [5.74, 6) is 0.0403. The third-order valence-electron chi connectivity index (χ3n) is 2.39. The highest BCUT2D eigenvalue weighted by atomic mass is 19.1. The number of hydrogen-bond acceptors (Lipinski definition) is 2. The molecular weight excluding hydrogens is 205 g/mol. The summed E-state index contributed by atoms with van der Waals surface area (Å²) in [6.45, 7) is 3.34. The van der Waals surface area contributed by atoms with Crippen molar-refractivity contribution in [3.8, 4) is 0 Å². The van der Waals surface area contributed by atoms with Gasteiger partial charge in [-0.05, 0) is 50.6 Å². The Morgan fingerprint density at radius 1 is 1.25 bits per heavy atom. The van der Waals surface area contributed by atoms with Crippen molar-refractivity contribution in [2.75, 3.05) is 13.1 Å². The molecule has 0 unspecified atom stereocenters. The zero-order valence-electron chi connectivity index (χ0n) is 9.63. The first-order valence-corrected chi connectivity index (χ1v) is 5.63. The first-order chi connectivity index (χ1) is 7.68. The van der Waals surface area contributed by atoms with Gasteiger partial charge in [-0.3, -0.25) is 0 Å². The standard InChI is InChI=1S/C13H18FNO/c1-11(16)3-2-9-15-10-8-12-4-6-13(14)7-5-12/h4-7,15H,2-3,8-10H2,1H3. The third-order valence-corrected chi connectivity index (χ3v) is 2.39. The number of halogens is 1. The summed E-state index contributed by atoms with van der Waals surface area (Å²) >= 11 is 0. The number of benzene rings is 1. The molecular formula is C13H18FNO. The molecule has 0 aromatic heterocycles. The highest BCUT2D eigenvalue weighted by Gasteiger charge is 1.95. The van der Waals surface area contributed by atoms with E-state index < -0.39 is 0 Å². The fraction of sp³-hybridized carbons (Fsp3) is 0.462. The van der Waals surface area contributed by atoms with Crippen molar-refractivity contribution in [1.82, 2.24) is 5.32 Å². The molecule has 0 radical (unpaired) electrons. The smallest absolute Gasteiger partial charge is 0.129 e. The molecule has 0 spiro atoms. The summed E-state index contributed by atoms with van der Waals surface area (Å²) in [5, 5.41) is 3.26. The van der Waals surface area contributed by atoms with Gasteiger partial charge in [-0.25, -0.2) is 4.39 Å². The van der Waals surface area contributed by atoms with Crippen LogP contribution in [0, 0.1) is 5.82 Å². The molecule has 88 valence electrons. The van der Waals surface area contributed by atoms with Crippen LogP contribution in [-0.2, 0) is 11.2 Å². The van der Waals surface area contributed by atoms with Crippen molar-refractivity contribution in [3.63, 3.8) is 0 Å². The van der Waals surface area contributed by atoms with E-state index in [0.717, 1.165) is 31.5 Å². The van der Waals surface area contributed by atoms with Crippen LogP contribution in [0.15, 0.2) is 24.3 Å². The van der Waals surface area contributed by atoms with Gasteiger partial charge in [0.05, 0.1) is 0 Å². The maximum absolute atomic E-state index is 12.6. The second-order valence-electron chi connectivity index (χ2n) is 3.93. The van der Waals surface area contributed by atoms with Gasteiger partial charge in [0.25, 0.3) is 0 Å². The zero-order valence-corrected chi connectivity index (χ0v) is 9.63. The maximum atomic E-state index is 12.6. The predicted octanol–water partition coefficient (Wildman–Crippen LogP) is 2.33. The Morgan fingerprint density at radius 2 is 1.94 bits per heavy atom. The second kappa shape index (κ2) is 7.12. The van der Waals surface area contributed by atoms with Crippen LogP contribution in [0.4, 0.5) is 4.39 Å². The Balaban J connectivity index is 2.07. The van der Waals surface area contributed by atoms with Crippen molar-refractivity contribution < 1.29 is 9.18 Å². The van der Waals surface area contributed by atoms with Crippen molar-refractivity contribution in [2.45, 2.75) is 26.2 Å². The molecule has 0 fully saturated rings. The van der Waals surface area contributed by atoms with Crippen LogP contribution < -0.4 is 5.32 Å². The molecule has 0 saturated heterocycles. The first kappa shape index (κ1) is 12.8. The Morgan fingerprint density at radius 3 is 2.56 bits per heavy atom. The molecule has 0 aliphatic carbocycles. The van der Waals surface area contributed by atoms with E-state index in [-0.39, 0.29) is 11.6 Å². The minimum atomic E-state index is -0.196. The molecule has 1 N–H and O–H groups in total. The molecule has 16 heavy (non-hydrogen) atoms. The van der Waals surface area contributed by atoms with Gasteiger partial charge >= 0.3 is 0 Å². The summed E-state index contributed by atoms with van der Waals surface area (Å²) < 4.78 is 12.6. The molecule has 0 saturated carbocycles. The lowest BCUT2D eigenvalue weighted by Gasteiger charge is -2.04. The Hall–Kier alpha value is -1.22. The van der Waals surface area contributed by atoms with Gasteiger partial charge in [-0.1, -0.05) is 12.1 Å². The molecule has 0 heterocycles. The summed E-state index contributed by atoms with van der Waals surface area (Å²) in [4.78, 5) is 10.7. The minimum absolute atomic E-state index is 0.196. The van der Waals surface area contributed by atoms with Gasteiger partial charge in [-0.15, -0.1) is 0 Å². The summed E-state index contributed by atoms with van der Waals surface area (Å²) in [5.41, 5.74) is 1.13. The number of carbonyl (C=O) groups excluding carboxylic acids is 1. The third kappa shape index (κ3) is 5.61. The molecule has 0 aliphatic rings. The number of carbonyl (C=O) groups is 1. The first-order valence-electron chi connectivity index (χ1n) is 5.63. The van der Waals surface area contributed by atoms with E-state index in [2.05, 4.69) is 5.32 Å². The van der Waals surface area contributed by atoms with Crippen LogP contribution in [0.25, 0.3) is 0 Å². The van der Waals surface area contributed by atoms with Crippen molar-refractivity contribution >= 4 is 5.78 Å². The van der Waals surface area contributed by atoms with Gasteiger partial charge in [0, 0.05) is 6.42 Å². The van der Waals surface area contributed by atoms with Gasteiger partial charge < -0.3 is 10.1 Å². The SMILES string of the molecule is CC(=O)CCCNCCc1ccc(F)cc1. The van der Waals surface area contributed by atoms with Crippen LogP contribution in [0.2, 0.25) is 0 Å². The van der Waals surface area contributed by atoms with E-state index in [4.69, 9.17) is 0 Å². The average Bonchev–Trinajstić information content (AvgIpc) is 2.25. The molecule has 1 aromatic rings. The highest BCUT2D eigenvalue weighted by molar-refractivity contribution is 5.75. The van der Waals surface area contributed by atoms with Gasteiger partial charge in [0.1, 0.15) is 11.6 Å². The quantitative estimate of drug-likeness (QED) is 0.719. The van der Waals surface area contributed by atoms with E-state index in [1.807, 2.05) is 0 Å². The minimum Gasteiger partial charge on any atom is -0.316 e. The van der Waals surface area contributed by atoms with Crippen LogP contribution in [0.3, 0.4) is 0 Å². The number of Topliss-reactive ketones (excluding diaryl/α,β-unsaturated/α-hetero) is 1. The molecule has 0 amide bonds. The summed E-state index contributed by atoms with van der Waals surface area (Å²) in [6.07, 6.45) is 2.42. The van der Waals surface area contributed by atoms with E-state index in [1.54, 1.807) is 19.1 Å². The molecule has 1 rings (SSSR count). The normalized spacial score (nSPS) is 10.4. The number of ketones is 1. The Labute approximate surface area is 95.9 Å². The van der Waals surface area contributed by atoms with Gasteiger partial charge in [0.2, 0.25) is 0 Å². The van der Waals surface area contributed by atoms with Crippen molar-refractivity contribution in [1.29, 1.82) is 0 Å². The lowest BCUT2D eigenvalue weighted by atomic mass is 10.1. The Bertz CT molecular complexity index is 321. The van der Waals surface area contributed by atoms with Crippen molar-refractivity contribution in [3.05, 3.63) is 35.6 Å². The molecule has 3 heteroatoms. The summed E-state index contributed by atoms with van der Waals surface area (Å²) in [7, 11) is 0. The molecule has 2 nitrogen and oxygen atoms in total. The maximum Gasteiger partial charge on any atom is 0.129 e. The Kier molecular flexibility index (Phi) is 5.72. The van der Waals surface area contributed by atoms with E-state index in [1.165, 1.54) is 12.1 Å². The number of nitrogens with one attached hydrogen (secondary N) is 1. The highest BCUT2D eigenvalue weighted by Crippen LogP contribution is 2.02. The van der Waals surface area contributed by atoms with E-state index in [0.29, 0.717) is 6.42 Å². The van der Waals surface area contributed by atoms with Gasteiger partial charge in [-0.2, -0.15) is 0 Å².